The molecule has 1 amide bonds. The number of benzene rings is 1. The van der Waals surface area contributed by atoms with Gasteiger partial charge >= 0.3 is 0 Å². The number of hydrogen-bond donors (Lipinski definition) is 3. The fourth-order valence-electron chi connectivity index (χ4n) is 2.32. The third-order valence-electron chi connectivity index (χ3n) is 3.77. The molecule has 0 unspecified atom stereocenters. The normalized spacial score (nSPS) is 14.0. The highest BCUT2D eigenvalue weighted by atomic mass is 16.5. The molecule has 0 aliphatic heterocycles. The van der Waals surface area contributed by atoms with Crippen LogP contribution in [0.1, 0.15) is 32.6 Å². The van der Waals surface area contributed by atoms with Crippen LogP contribution in [-0.4, -0.2) is 45.2 Å². The maximum Gasteiger partial charge on any atom is 0.220 e. The third kappa shape index (κ3) is 6.52. The average molecular weight is 348 g/mol. The highest BCUT2D eigenvalue weighted by Crippen LogP contribution is 2.30. The third-order valence-corrected chi connectivity index (χ3v) is 3.77. The zero-order chi connectivity index (χ0) is 18.1. The number of amides is 1. The molecule has 0 heterocycles. The summed E-state index contributed by atoms with van der Waals surface area (Å²) < 4.78 is 10.9. The molecule has 7 nitrogen and oxygen atoms in total. The topological polar surface area (TPSA) is 84.0 Å². The number of hydrogen-bond acceptors (Lipinski definition) is 4. The van der Waals surface area contributed by atoms with E-state index in [2.05, 4.69) is 20.9 Å². The van der Waals surface area contributed by atoms with Crippen LogP contribution in [-0.2, 0) is 4.79 Å². The van der Waals surface area contributed by atoms with Crippen molar-refractivity contribution in [3.8, 4) is 11.5 Å². The van der Waals surface area contributed by atoms with Gasteiger partial charge in [0.2, 0.25) is 5.91 Å². The van der Waals surface area contributed by atoms with E-state index < -0.39 is 0 Å². The lowest BCUT2D eigenvalue weighted by atomic mass is 10.2. The zero-order valence-corrected chi connectivity index (χ0v) is 15.2. The van der Waals surface area contributed by atoms with Crippen molar-refractivity contribution in [3.05, 3.63) is 18.2 Å². The van der Waals surface area contributed by atoms with Gasteiger partial charge < -0.3 is 25.4 Å². The van der Waals surface area contributed by atoms with Crippen LogP contribution in [0.15, 0.2) is 23.2 Å². The molecule has 138 valence electrons. The van der Waals surface area contributed by atoms with Gasteiger partial charge in [-0.3, -0.25) is 9.79 Å². The quantitative estimate of drug-likeness (QED) is 0.362. The first-order valence-corrected chi connectivity index (χ1v) is 8.74. The zero-order valence-electron chi connectivity index (χ0n) is 15.2. The van der Waals surface area contributed by atoms with Crippen molar-refractivity contribution in [3.63, 3.8) is 0 Å². The number of nitrogens with one attached hydrogen (secondary N) is 3. The van der Waals surface area contributed by atoms with E-state index in [1.54, 1.807) is 14.2 Å². The first-order chi connectivity index (χ1) is 12.2. The first kappa shape index (κ1) is 18.9. The van der Waals surface area contributed by atoms with Gasteiger partial charge in [0.05, 0.1) is 13.7 Å². The lowest BCUT2D eigenvalue weighted by Crippen LogP contribution is -2.32. The summed E-state index contributed by atoms with van der Waals surface area (Å²) in [5.41, 5.74) is 0.851. The molecule has 0 saturated heterocycles. The van der Waals surface area contributed by atoms with Crippen LogP contribution in [0.2, 0.25) is 0 Å². The summed E-state index contributed by atoms with van der Waals surface area (Å²) in [6.07, 6.45) is 3.52. The minimum Gasteiger partial charge on any atom is -0.493 e. The van der Waals surface area contributed by atoms with E-state index in [1.165, 1.54) is 0 Å². The second kappa shape index (κ2) is 9.76. The van der Waals surface area contributed by atoms with Gasteiger partial charge in [0.1, 0.15) is 0 Å². The Kier molecular flexibility index (Phi) is 7.37. The Morgan fingerprint density at radius 1 is 1.32 bits per heavy atom. The van der Waals surface area contributed by atoms with Gasteiger partial charge in [-0.2, -0.15) is 0 Å². The average Bonchev–Trinajstić information content (AvgIpc) is 3.42. The van der Waals surface area contributed by atoms with E-state index in [4.69, 9.17) is 9.47 Å². The fourth-order valence-corrected chi connectivity index (χ4v) is 2.32. The number of carbonyl (C=O) groups is 1. The lowest BCUT2D eigenvalue weighted by molar-refractivity contribution is -0.121. The van der Waals surface area contributed by atoms with Crippen molar-refractivity contribution in [2.75, 3.05) is 32.6 Å². The molecule has 1 aromatic rings. The lowest BCUT2D eigenvalue weighted by Gasteiger charge is -2.14. The molecule has 1 aromatic carbocycles. The van der Waals surface area contributed by atoms with Gasteiger partial charge in [-0.15, -0.1) is 0 Å². The minimum absolute atomic E-state index is 0.128. The number of methoxy groups -OCH3 is 1. The van der Waals surface area contributed by atoms with E-state index in [0.717, 1.165) is 24.9 Å². The Hall–Kier alpha value is -2.44. The van der Waals surface area contributed by atoms with Crippen molar-refractivity contribution >= 4 is 17.6 Å². The van der Waals surface area contributed by atoms with Crippen LogP contribution in [0.25, 0.3) is 0 Å². The van der Waals surface area contributed by atoms with E-state index in [-0.39, 0.29) is 5.91 Å². The molecule has 1 aliphatic rings. The Morgan fingerprint density at radius 3 is 2.76 bits per heavy atom. The van der Waals surface area contributed by atoms with E-state index in [9.17, 15) is 4.79 Å². The summed E-state index contributed by atoms with van der Waals surface area (Å²) in [5, 5.41) is 9.41. The van der Waals surface area contributed by atoms with Crippen LogP contribution in [0.4, 0.5) is 5.69 Å². The smallest absolute Gasteiger partial charge is 0.220 e. The molecule has 0 aromatic heterocycles. The molecule has 1 fully saturated rings. The van der Waals surface area contributed by atoms with Crippen LogP contribution < -0.4 is 25.4 Å². The standard InChI is InChI=1S/C18H28N4O3/c1-4-25-16-12-14(9-10-15(16)24-3)22-18(19-2)20-11-5-6-17(23)21-13-7-8-13/h9-10,12-13H,4-8,11H2,1-3H3,(H,21,23)(H2,19,20,22). The Morgan fingerprint density at radius 2 is 2.12 bits per heavy atom. The minimum atomic E-state index is 0.128. The monoisotopic (exact) mass is 348 g/mol. The first-order valence-electron chi connectivity index (χ1n) is 8.74. The van der Waals surface area contributed by atoms with E-state index in [0.29, 0.717) is 43.1 Å². The molecule has 2 rings (SSSR count). The van der Waals surface area contributed by atoms with Crippen LogP contribution in [0, 0.1) is 0 Å². The molecule has 25 heavy (non-hydrogen) atoms. The molecule has 1 saturated carbocycles. The summed E-state index contributed by atoms with van der Waals surface area (Å²) in [6.45, 7) is 3.17. The second-order valence-corrected chi connectivity index (χ2v) is 5.87. The summed E-state index contributed by atoms with van der Waals surface area (Å²) in [4.78, 5) is 15.8. The maximum absolute atomic E-state index is 11.6. The largest absolute Gasteiger partial charge is 0.493 e. The molecule has 0 bridgehead atoms. The van der Waals surface area contributed by atoms with Crippen LogP contribution in [0.5, 0.6) is 11.5 Å². The van der Waals surface area contributed by atoms with Gasteiger partial charge in [0.25, 0.3) is 0 Å². The number of nitrogens with zero attached hydrogens (tertiary/aromatic N) is 1. The van der Waals surface area contributed by atoms with Crippen molar-refractivity contribution in [1.29, 1.82) is 0 Å². The second-order valence-electron chi connectivity index (χ2n) is 5.87. The molecule has 7 heteroatoms. The van der Waals surface area contributed by atoms with Crippen LogP contribution in [0.3, 0.4) is 0 Å². The highest BCUT2D eigenvalue weighted by molar-refractivity contribution is 5.93. The summed E-state index contributed by atoms with van der Waals surface area (Å²) in [6, 6.07) is 6.04. The Bertz CT molecular complexity index is 600. The van der Waals surface area contributed by atoms with Crippen molar-refractivity contribution in [2.24, 2.45) is 4.99 Å². The number of carbonyl (C=O) groups excluding carboxylic acids is 1. The van der Waals surface area contributed by atoms with Gasteiger partial charge in [-0.05, 0) is 38.3 Å². The molecule has 1 aliphatic carbocycles. The van der Waals surface area contributed by atoms with Crippen molar-refractivity contribution < 1.29 is 14.3 Å². The summed E-state index contributed by atoms with van der Waals surface area (Å²) >= 11 is 0. The number of rotatable bonds is 9. The van der Waals surface area contributed by atoms with E-state index in [1.807, 2.05) is 25.1 Å². The van der Waals surface area contributed by atoms with Gasteiger partial charge in [-0.1, -0.05) is 0 Å². The molecule has 0 atom stereocenters. The molecule has 0 spiro atoms. The van der Waals surface area contributed by atoms with Gasteiger partial charge in [-0.25, -0.2) is 0 Å². The molecule has 3 N–H and O–H groups in total. The number of anilines is 1. The van der Waals surface area contributed by atoms with Crippen molar-refractivity contribution in [2.45, 2.75) is 38.6 Å². The SMILES string of the molecule is CCOc1cc(NC(=NC)NCCCC(=O)NC2CC2)ccc1OC. The highest BCUT2D eigenvalue weighted by Gasteiger charge is 2.22. The number of aliphatic imine (C=N–C) groups is 1. The van der Waals surface area contributed by atoms with E-state index >= 15 is 0 Å². The Labute approximate surface area is 149 Å². The predicted octanol–water partition coefficient (Wildman–Crippen LogP) is 2.14. The summed E-state index contributed by atoms with van der Waals surface area (Å²) in [7, 11) is 3.33. The van der Waals surface area contributed by atoms with Crippen LogP contribution >= 0.6 is 0 Å². The number of ether oxygens (including phenoxy) is 2. The van der Waals surface area contributed by atoms with Gasteiger partial charge in [0.15, 0.2) is 17.5 Å². The molecular formula is C18H28N4O3. The predicted molar refractivity (Wildman–Crippen MR) is 99.5 cm³/mol. The molecular weight excluding hydrogens is 320 g/mol. The van der Waals surface area contributed by atoms with Gasteiger partial charge in [0, 0.05) is 37.8 Å². The fraction of sp³-hybridized carbons (Fsp3) is 0.556. The number of guanidine groups is 1. The summed E-state index contributed by atoms with van der Waals surface area (Å²) in [5.74, 6) is 2.15. The Balaban J connectivity index is 1.78. The molecule has 0 radical (unpaired) electrons. The van der Waals surface area contributed by atoms with Crippen molar-refractivity contribution in [1.82, 2.24) is 10.6 Å². The maximum atomic E-state index is 11.6.